The molecule has 0 bridgehead atoms. The highest BCUT2D eigenvalue weighted by Crippen LogP contribution is 2.16. The molecule has 1 aliphatic rings. The van der Waals surface area contributed by atoms with Gasteiger partial charge in [-0.2, -0.15) is 0 Å². The van der Waals surface area contributed by atoms with Gasteiger partial charge in [0.25, 0.3) is 5.91 Å². The van der Waals surface area contributed by atoms with E-state index in [4.69, 9.17) is 9.84 Å². The Morgan fingerprint density at radius 3 is 3.06 bits per heavy atom. The topological polar surface area (TPSA) is 54.7 Å². The second-order valence-electron chi connectivity index (χ2n) is 4.62. The number of ether oxygens (including phenoxy) is 1. The number of rotatable bonds is 3. The largest absolute Gasteiger partial charge is 0.394 e. The summed E-state index contributed by atoms with van der Waals surface area (Å²) in [7, 11) is 0. The minimum absolute atomic E-state index is 0.0103. The fourth-order valence-electron chi connectivity index (χ4n) is 2.24. The summed E-state index contributed by atoms with van der Waals surface area (Å²) in [4.78, 5) is 14.3. The quantitative estimate of drug-likeness (QED) is 0.863. The van der Waals surface area contributed by atoms with Crippen molar-refractivity contribution in [2.45, 2.75) is 32.5 Å². The molecule has 1 aromatic heterocycles. The van der Waals surface area contributed by atoms with E-state index >= 15 is 0 Å². The molecule has 0 saturated carbocycles. The highest BCUT2D eigenvalue weighted by Gasteiger charge is 2.30. The second-order valence-corrected chi connectivity index (χ2v) is 4.62. The number of aliphatic hydroxyl groups is 1. The van der Waals surface area contributed by atoms with Crippen LogP contribution in [0.5, 0.6) is 0 Å². The molecule has 1 saturated heterocycles. The van der Waals surface area contributed by atoms with E-state index in [1.165, 1.54) is 0 Å². The predicted molar refractivity (Wildman–Crippen MR) is 67.4 cm³/mol. The number of aromatic nitrogens is 1. The molecule has 1 N–H and O–H groups in total. The first-order valence-electron chi connectivity index (χ1n) is 6.36. The van der Waals surface area contributed by atoms with Crippen molar-refractivity contribution in [3.63, 3.8) is 0 Å². The van der Waals surface area contributed by atoms with Gasteiger partial charge in [-0.05, 0) is 26.0 Å². The maximum Gasteiger partial charge on any atom is 0.270 e. The molecule has 1 aromatic rings. The number of morpholine rings is 1. The first-order valence-corrected chi connectivity index (χ1v) is 6.36. The van der Waals surface area contributed by atoms with E-state index in [1.54, 1.807) is 4.90 Å². The second kappa shape index (κ2) is 5.54. The highest BCUT2D eigenvalue weighted by molar-refractivity contribution is 5.93. The predicted octanol–water partition coefficient (Wildman–Crippen LogP) is 0.730. The zero-order valence-corrected chi connectivity index (χ0v) is 10.9. The summed E-state index contributed by atoms with van der Waals surface area (Å²) < 4.78 is 7.37. The molecule has 5 nitrogen and oxygen atoms in total. The van der Waals surface area contributed by atoms with E-state index < -0.39 is 0 Å². The fraction of sp³-hybridized carbons (Fsp3) is 0.615. The monoisotopic (exact) mass is 252 g/mol. The van der Waals surface area contributed by atoms with Gasteiger partial charge in [-0.25, -0.2) is 0 Å². The van der Waals surface area contributed by atoms with E-state index in [0.29, 0.717) is 18.8 Å². The Balaban J connectivity index is 2.16. The summed E-state index contributed by atoms with van der Waals surface area (Å²) in [5.74, 6) is 0.0103. The fourth-order valence-corrected chi connectivity index (χ4v) is 2.24. The molecule has 2 atom stereocenters. The summed E-state index contributed by atoms with van der Waals surface area (Å²) in [6, 6.07) is 3.76. The summed E-state index contributed by atoms with van der Waals surface area (Å²) in [5, 5.41) is 9.14. The number of aryl methyl sites for hydroxylation is 1. The first-order chi connectivity index (χ1) is 8.67. The van der Waals surface area contributed by atoms with Crippen LogP contribution in [0.4, 0.5) is 0 Å². The van der Waals surface area contributed by atoms with Crippen molar-refractivity contribution >= 4 is 5.91 Å². The Kier molecular flexibility index (Phi) is 4.04. The molecule has 2 heterocycles. The van der Waals surface area contributed by atoms with Crippen LogP contribution in [-0.4, -0.2) is 52.4 Å². The van der Waals surface area contributed by atoms with Crippen LogP contribution in [0, 0.1) is 0 Å². The van der Waals surface area contributed by atoms with Crippen molar-refractivity contribution in [2.24, 2.45) is 0 Å². The van der Waals surface area contributed by atoms with Crippen molar-refractivity contribution in [2.75, 3.05) is 19.8 Å². The van der Waals surface area contributed by atoms with E-state index in [2.05, 4.69) is 0 Å². The molecule has 1 aliphatic heterocycles. The van der Waals surface area contributed by atoms with Crippen LogP contribution in [0.15, 0.2) is 18.3 Å². The summed E-state index contributed by atoms with van der Waals surface area (Å²) >= 11 is 0. The zero-order chi connectivity index (χ0) is 13.1. The maximum absolute atomic E-state index is 12.5. The molecule has 0 aromatic carbocycles. The van der Waals surface area contributed by atoms with Gasteiger partial charge >= 0.3 is 0 Å². The lowest BCUT2D eigenvalue weighted by molar-refractivity contribution is -0.0669. The Morgan fingerprint density at radius 1 is 1.61 bits per heavy atom. The van der Waals surface area contributed by atoms with Crippen molar-refractivity contribution in [3.05, 3.63) is 24.0 Å². The Labute approximate surface area is 107 Å². The molecule has 1 fully saturated rings. The minimum atomic E-state index is -0.268. The van der Waals surface area contributed by atoms with Crippen molar-refractivity contribution in [3.8, 4) is 0 Å². The smallest absolute Gasteiger partial charge is 0.270 e. The lowest BCUT2D eigenvalue weighted by Gasteiger charge is -2.37. The Morgan fingerprint density at radius 2 is 2.39 bits per heavy atom. The molecule has 0 radical (unpaired) electrons. The molecule has 2 unspecified atom stereocenters. The number of amides is 1. The summed E-state index contributed by atoms with van der Waals surface area (Å²) in [6.07, 6.45) is 1.64. The average Bonchev–Trinajstić information content (AvgIpc) is 2.86. The van der Waals surface area contributed by atoms with Gasteiger partial charge in [-0.1, -0.05) is 0 Å². The number of carbonyl (C=O) groups is 1. The van der Waals surface area contributed by atoms with Crippen LogP contribution in [-0.2, 0) is 11.3 Å². The van der Waals surface area contributed by atoms with Gasteiger partial charge in [-0.3, -0.25) is 4.79 Å². The molecule has 1 amide bonds. The van der Waals surface area contributed by atoms with Gasteiger partial charge in [0.2, 0.25) is 0 Å². The average molecular weight is 252 g/mol. The van der Waals surface area contributed by atoms with Gasteiger partial charge in [-0.15, -0.1) is 0 Å². The number of hydrogen-bond donors (Lipinski definition) is 1. The molecule has 2 rings (SSSR count). The van der Waals surface area contributed by atoms with Crippen LogP contribution < -0.4 is 0 Å². The molecule has 0 aliphatic carbocycles. The molecular formula is C13H20N2O3. The van der Waals surface area contributed by atoms with Gasteiger partial charge < -0.3 is 19.3 Å². The SMILES string of the molecule is CCn1cccc1C(=O)N1CC(CO)OCC1C. The van der Waals surface area contributed by atoms with E-state index in [9.17, 15) is 4.79 Å². The number of aliphatic hydroxyl groups excluding tert-OH is 1. The summed E-state index contributed by atoms with van der Waals surface area (Å²) in [6.45, 7) is 5.62. The maximum atomic E-state index is 12.5. The van der Waals surface area contributed by atoms with Crippen LogP contribution in [0.1, 0.15) is 24.3 Å². The lowest BCUT2D eigenvalue weighted by Crippen LogP contribution is -2.52. The normalized spacial score (nSPS) is 24.3. The van der Waals surface area contributed by atoms with Crippen molar-refractivity contribution in [1.82, 2.24) is 9.47 Å². The lowest BCUT2D eigenvalue weighted by atomic mass is 10.2. The van der Waals surface area contributed by atoms with E-state index in [0.717, 1.165) is 6.54 Å². The zero-order valence-electron chi connectivity index (χ0n) is 10.9. The van der Waals surface area contributed by atoms with Gasteiger partial charge in [0.1, 0.15) is 5.69 Å². The summed E-state index contributed by atoms with van der Waals surface area (Å²) in [5.41, 5.74) is 0.697. The third-order valence-corrected chi connectivity index (χ3v) is 3.36. The molecule has 100 valence electrons. The van der Waals surface area contributed by atoms with Crippen LogP contribution in [0.3, 0.4) is 0 Å². The molecular weight excluding hydrogens is 232 g/mol. The third-order valence-electron chi connectivity index (χ3n) is 3.36. The Bertz CT molecular complexity index is 416. The number of carbonyl (C=O) groups excluding carboxylic acids is 1. The Hall–Kier alpha value is -1.33. The van der Waals surface area contributed by atoms with Crippen molar-refractivity contribution < 1.29 is 14.6 Å². The van der Waals surface area contributed by atoms with Gasteiger partial charge in [0, 0.05) is 19.3 Å². The number of hydrogen-bond acceptors (Lipinski definition) is 3. The van der Waals surface area contributed by atoms with E-state index in [1.807, 2.05) is 36.7 Å². The van der Waals surface area contributed by atoms with Gasteiger partial charge in [0.15, 0.2) is 0 Å². The van der Waals surface area contributed by atoms with Crippen LogP contribution >= 0.6 is 0 Å². The third kappa shape index (κ3) is 2.42. The van der Waals surface area contributed by atoms with Gasteiger partial charge in [0.05, 0.1) is 25.4 Å². The molecule has 18 heavy (non-hydrogen) atoms. The molecule has 5 heteroatoms. The van der Waals surface area contributed by atoms with Crippen LogP contribution in [0.25, 0.3) is 0 Å². The molecule has 0 spiro atoms. The minimum Gasteiger partial charge on any atom is -0.394 e. The first kappa shape index (κ1) is 13.1. The standard InChI is InChI=1S/C13H20N2O3/c1-3-14-6-4-5-12(14)13(17)15-7-11(8-16)18-9-10(15)2/h4-6,10-11,16H,3,7-9H2,1-2H3. The number of nitrogens with zero attached hydrogens (tertiary/aromatic N) is 2. The van der Waals surface area contributed by atoms with Crippen molar-refractivity contribution in [1.29, 1.82) is 0 Å². The van der Waals surface area contributed by atoms with E-state index in [-0.39, 0.29) is 24.7 Å². The highest BCUT2D eigenvalue weighted by atomic mass is 16.5. The van der Waals surface area contributed by atoms with Crippen LogP contribution in [0.2, 0.25) is 0 Å².